The van der Waals surface area contributed by atoms with Crippen molar-refractivity contribution in [2.45, 2.75) is 6.04 Å². The molecule has 76 valence electrons. The van der Waals surface area contributed by atoms with Gasteiger partial charge in [-0.2, -0.15) is 0 Å². The third-order valence-electron chi connectivity index (χ3n) is 2.11. The molecule has 13 heavy (non-hydrogen) atoms. The van der Waals surface area contributed by atoms with Crippen LogP contribution in [0, 0.1) is 0 Å². The first kappa shape index (κ1) is 10.4. The van der Waals surface area contributed by atoms with Gasteiger partial charge in [-0.3, -0.25) is 9.69 Å². The Kier molecular flexibility index (Phi) is 4.14. The van der Waals surface area contributed by atoms with Crippen LogP contribution in [0.3, 0.4) is 0 Å². The Morgan fingerprint density at radius 1 is 1.77 bits per heavy atom. The van der Waals surface area contributed by atoms with Gasteiger partial charge in [-0.25, -0.2) is 0 Å². The van der Waals surface area contributed by atoms with E-state index >= 15 is 0 Å². The van der Waals surface area contributed by atoms with Crippen LogP contribution in [-0.2, 0) is 9.53 Å². The minimum Gasteiger partial charge on any atom is -0.395 e. The van der Waals surface area contributed by atoms with Gasteiger partial charge in [0, 0.05) is 13.1 Å². The van der Waals surface area contributed by atoms with Gasteiger partial charge in [0.1, 0.15) is 6.04 Å². The molecule has 5 heteroatoms. The Bertz CT molecular complexity index is 175. The highest BCUT2D eigenvalue weighted by Gasteiger charge is 2.25. The zero-order valence-corrected chi connectivity index (χ0v) is 7.82. The SMILES string of the molecule is CN1CCOCC1C(=O)NCCO. The number of hydrogen-bond acceptors (Lipinski definition) is 4. The molecule has 1 amide bonds. The first-order valence-corrected chi connectivity index (χ1v) is 4.42. The Balaban J connectivity index is 2.35. The average Bonchev–Trinajstić information content (AvgIpc) is 2.15. The van der Waals surface area contributed by atoms with Crippen LogP contribution in [0.2, 0.25) is 0 Å². The summed E-state index contributed by atoms with van der Waals surface area (Å²) >= 11 is 0. The number of morpholine rings is 1. The average molecular weight is 188 g/mol. The van der Waals surface area contributed by atoms with Crippen LogP contribution in [0.1, 0.15) is 0 Å². The summed E-state index contributed by atoms with van der Waals surface area (Å²) in [6, 6.07) is -0.208. The maximum atomic E-state index is 11.4. The van der Waals surface area contributed by atoms with E-state index in [0.29, 0.717) is 19.8 Å². The van der Waals surface area contributed by atoms with E-state index in [9.17, 15) is 4.79 Å². The molecule has 1 unspecified atom stereocenters. The van der Waals surface area contributed by atoms with Gasteiger partial charge in [0.2, 0.25) is 5.91 Å². The van der Waals surface area contributed by atoms with Crippen LogP contribution in [0.4, 0.5) is 0 Å². The summed E-state index contributed by atoms with van der Waals surface area (Å²) in [5, 5.41) is 11.1. The zero-order chi connectivity index (χ0) is 9.68. The number of hydrogen-bond donors (Lipinski definition) is 2. The van der Waals surface area contributed by atoms with Crippen molar-refractivity contribution in [3.05, 3.63) is 0 Å². The van der Waals surface area contributed by atoms with Gasteiger partial charge in [0.15, 0.2) is 0 Å². The smallest absolute Gasteiger partial charge is 0.239 e. The molecule has 0 radical (unpaired) electrons. The number of carbonyl (C=O) groups excluding carboxylic acids is 1. The number of nitrogens with zero attached hydrogens (tertiary/aromatic N) is 1. The summed E-state index contributed by atoms with van der Waals surface area (Å²) < 4.78 is 5.19. The molecule has 1 aliphatic rings. The molecule has 1 heterocycles. The molecule has 1 fully saturated rings. The molecule has 5 nitrogen and oxygen atoms in total. The molecular weight excluding hydrogens is 172 g/mol. The first-order valence-electron chi connectivity index (χ1n) is 4.42. The van der Waals surface area contributed by atoms with E-state index in [4.69, 9.17) is 9.84 Å². The van der Waals surface area contributed by atoms with E-state index in [2.05, 4.69) is 5.32 Å². The number of aliphatic hydroxyl groups is 1. The quantitative estimate of drug-likeness (QED) is 0.561. The second kappa shape index (κ2) is 5.16. The normalized spacial score (nSPS) is 24.3. The van der Waals surface area contributed by atoms with Gasteiger partial charge in [-0.15, -0.1) is 0 Å². The summed E-state index contributed by atoms with van der Waals surface area (Å²) in [5.41, 5.74) is 0. The molecule has 0 aliphatic carbocycles. The van der Waals surface area contributed by atoms with E-state index in [1.54, 1.807) is 0 Å². The van der Waals surface area contributed by atoms with Gasteiger partial charge in [0.25, 0.3) is 0 Å². The Hall–Kier alpha value is -0.650. The lowest BCUT2D eigenvalue weighted by atomic mass is 10.2. The molecule has 0 aromatic rings. The van der Waals surface area contributed by atoms with Gasteiger partial charge in [-0.1, -0.05) is 0 Å². The number of likely N-dealkylation sites (N-methyl/N-ethyl adjacent to an activating group) is 1. The molecular formula is C8H16N2O3. The van der Waals surface area contributed by atoms with Crippen molar-refractivity contribution < 1.29 is 14.6 Å². The van der Waals surface area contributed by atoms with Crippen molar-refractivity contribution in [1.82, 2.24) is 10.2 Å². The predicted molar refractivity (Wildman–Crippen MR) is 47.3 cm³/mol. The van der Waals surface area contributed by atoms with Crippen molar-refractivity contribution >= 4 is 5.91 Å². The summed E-state index contributed by atoms with van der Waals surface area (Å²) in [7, 11) is 1.89. The minimum absolute atomic E-state index is 0.0248. The molecule has 0 aromatic carbocycles. The highest BCUT2D eigenvalue weighted by Crippen LogP contribution is 2.03. The second-order valence-electron chi connectivity index (χ2n) is 3.09. The third kappa shape index (κ3) is 2.95. The number of ether oxygens (including phenoxy) is 1. The number of nitrogens with one attached hydrogen (secondary N) is 1. The van der Waals surface area contributed by atoms with Crippen molar-refractivity contribution in [3.8, 4) is 0 Å². The number of aliphatic hydroxyl groups excluding tert-OH is 1. The number of carbonyl (C=O) groups is 1. The highest BCUT2D eigenvalue weighted by atomic mass is 16.5. The minimum atomic E-state index is -0.208. The highest BCUT2D eigenvalue weighted by molar-refractivity contribution is 5.81. The van der Waals surface area contributed by atoms with E-state index in [1.165, 1.54) is 0 Å². The van der Waals surface area contributed by atoms with Crippen LogP contribution in [0.25, 0.3) is 0 Å². The fraction of sp³-hybridized carbons (Fsp3) is 0.875. The Morgan fingerprint density at radius 2 is 2.54 bits per heavy atom. The summed E-state index contributed by atoms with van der Waals surface area (Å²) in [5.74, 6) is -0.0729. The fourth-order valence-corrected chi connectivity index (χ4v) is 1.26. The Labute approximate surface area is 77.7 Å². The standard InChI is InChI=1S/C8H16N2O3/c1-10-3-5-13-6-7(10)8(12)9-2-4-11/h7,11H,2-6H2,1H3,(H,9,12). The van der Waals surface area contributed by atoms with Crippen LogP contribution < -0.4 is 5.32 Å². The molecule has 0 saturated carbocycles. The largest absolute Gasteiger partial charge is 0.395 e. The van der Waals surface area contributed by atoms with Crippen LogP contribution in [-0.4, -0.2) is 61.9 Å². The van der Waals surface area contributed by atoms with Gasteiger partial charge >= 0.3 is 0 Å². The zero-order valence-electron chi connectivity index (χ0n) is 7.82. The molecule has 2 N–H and O–H groups in total. The maximum absolute atomic E-state index is 11.4. The van der Waals surface area contributed by atoms with Crippen molar-refractivity contribution in [2.75, 3.05) is 40.0 Å². The van der Waals surface area contributed by atoms with Crippen molar-refractivity contribution in [2.24, 2.45) is 0 Å². The number of rotatable bonds is 3. The van der Waals surface area contributed by atoms with E-state index in [-0.39, 0.29) is 18.6 Å². The lowest BCUT2D eigenvalue weighted by molar-refractivity contribution is -0.131. The molecule has 1 aliphatic heterocycles. The predicted octanol–water partition coefficient (Wildman–Crippen LogP) is -1.57. The van der Waals surface area contributed by atoms with Gasteiger partial charge < -0.3 is 15.2 Å². The molecule has 0 aromatic heterocycles. The maximum Gasteiger partial charge on any atom is 0.239 e. The molecule has 1 atom stereocenters. The lowest BCUT2D eigenvalue weighted by Crippen LogP contribution is -2.52. The summed E-state index contributed by atoms with van der Waals surface area (Å²) in [4.78, 5) is 13.4. The van der Waals surface area contributed by atoms with Crippen LogP contribution >= 0.6 is 0 Å². The first-order chi connectivity index (χ1) is 6.25. The summed E-state index contributed by atoms with van der Waals surface area (Å²) in [6.07, 6.45) is 0. The second-order valence-corrected chi connectivity index (χ2v) is 3.09. The third-order valence-corrected chi connectivity index (χ3v) is 2.11. The van der Waals surface area contributed by atoms with Gasteiger partial charge in [-0.05, 0) is 7.05 Å². The molecule has 0 bridgehead atoms. The summed E-state index contributed by atoms with van der Waals surface area (Å²) in [6.45, 7) is 2.18. The Morgan fingerprint density at radius 3 is 3.15 bits per heavy atom. The molecule has 0 spiro atoms. The number of amides is 1. The lowest BCUT2D eigenvalue weighted by Gasteiger charge is -2.31. The van der Waals surface area contributed by atoms with Crippen LogP contribution in [0.15, 0.2) is 0 Å². The van der Waals surface area contributed by atoms with Crippen molar-refractivity contribution in [3.63, 3.8) is 0 Å². The topological polar surface area (TPSA) is 61.8 Å². The fourth-order valence-electron chi connectivity index (χ4n) is 1.26. The van der Waals surface area contributed by atoms with Gasteiger partial charge in [0.05, 0.1) is 19.8 Å². The van der Waals surface area contributed by atoms with Crippen LogP contribution in [0.5, 0.6) is 0 Å². The molecule has 1 rings (SSSR count). The van der Waals surface area contributed by atoms with E-state index in [1.807, 2.05) is 11.9 Å². The van der Waals surface area contributed by atoms with Crippen molar-refractivity contribution in [1.29, 1.82) is 0 Å². The van der Waals surface area contributed by atoms with E-state index < -0.39 is 0 Å². The van der Waals surface area contributed by atoms with E-state index in [0.717, 1.165) is 6.54 Å². The molecule has 1 saturated heterocycles. The monoisotopic (exact) mass is 188 g/mol.